The van der Waals surface area contributed by atoms with Crippen molar-refractivity contribution in [1.82, 2.24) is 4.98 Å². The normalized spacial score (nSPS) is 16.9. The third-order valence-electron chi connectivity index (χ3n) is 4.23. The van der Waals surface area contributed by atoms with Crippen molar-refractivity contribution >= 4 is 23.1 Å². The SMILES string of the molecule is Cc1csc([C@H](C#N)C(=O)COC(=O)c2ccc(OC[C@@H]3CCCO3)cc2)n1. The number of hydrogen-bond donors (Lipinski definition) is 0. The molecule has 1 aliphatic rings. The summed E-state index contributed by atoms with van der Waals surface area (Å²) in [6, 6.07) is 8.41. The average Bonchev–Trinajstić information content (AvgIpc) is 3.37. The molecule has 1 aromatic carbocycles. The first-order valence-corrected chi connectivity index (χ1v) is 9.80. The van der Waals surface area contributed by atoms with Gasteiger partial charge in [0.1, 0.15) is 17.4 Å². The fourth-order valence-corrected chi connectivity index (χ4v) is 3.59. The van der Waals surface area contributed by atoms with Crippen LogP contribution in [0.5, 0.6) is 5.75 Å². The molecule has 2 heterocycles. The molecule has 1 saturated heterocycles. The summed E-state index contributed by atoms with van der Waals surface area (Å²) in [5, 5.41) is 11.4. The zero-order valence-corrected chi connectivity index (χ0v) is 16.2. The van der Waals surface area contributed by atoms with Crippen LogP contribution in [0.25, 0.3) is 0 Å². The number of esters is 1. The van der Waals surface area contributed by atoms with E-state index in [1.807, 2.05) is 6.07 Å². The number of benzene rings is 1. The molecule has 0 spiro atoms. The van der Waals surface area contributed by atoms with E-state index in [1.165, 1.54) is 11.3 Å². The second-order valence-electron chi connectivity index (χ2n) is 6.40. The molecule has 3 rings (SSSR count). The molecule has 28 heavy (non-hydrogen) atoms. The summed E-state index contributed by atoms with van der Waals surface area (Å²) in [4.78, 5) is 28.5. The summed E-state index contributed by atoms with van der Waals surface area (Å²) in [5.41, 5.74) is 1.04. The van der Waals surface area contributed by atoms with Gasteiger partial charge in [0, 0.05) is 17.7 Å². The number of aromatic nitrogens is 1. The molecule has 0 aliphatic carbocycles. The minimum atomic E-state index is -1.03. The highest BCUT2D eigenvalue weighted by atomic mass is 32.1. The summed E-state index contributed by atoms with van der Waals surface area (Å²) in [5.74, 6) is -1.53. The number of nitriles is 1. The molecule has 146 valence electrons. The van der Waals surface area contributed by atoms with E-state index in [2.05, 4.69) is 4.98 Å². The van der Waals surface area contributed by atoms with Crippen molar-refractivity contribution in [3.8, 4) is 11.8 Å². The third kappa shape index (κ3) is 5.15. The topological polar surface area (TPSA) is 98.5 Å². The lowest BCUT2D eigenvalue weighted by Gasteiger charge is -2.11. The Morgan fingerprint density at radius 3 is 2.79 bits per heavy atom. The molecular formula is C20H20N2O5S. The molecule has 1 aliphatic heterocycles. The smallest absolute Gasteiger partial charge is 0.338 e. The highest BCUT2D eigenvalue weighted by Gasteiger charge is 2.24. The number of carbonyl (C=O) groups excluding carboxylic acids is 2. The third-order valence-corrected chi connectivity index (χ3v) is 5.26. The largest absolute Gasteiger partial charge is 0.491 e. The Balaban J connectivity index is 1.49. The number of Topliss-reactive ketones (excluding diaryl/α,β-unsaturated/α-hetero) is 1. The lowest BCUT2D eigenvalue weighted by molar-refractivity contribution is -0.122. The lowest BCUT2D eigenvalue weighted by atomic mass is 10.1. The van der Waals surface area contributed by atoms with E-state index in [4.69, 9.17) is 14.2 Å². The van der Waals surface area contributed by atoms with Crippen molar-refractivity contribution in [3.05, 3.63) is 45.9 Å². The number of carbonyl (C=O) groups is 2. The predicted molar refractivity (Wildman–Crippen MR) is 101 cm³/mol. The maximum absolute atomic E-state index is 12.2. The Labute approximate surface area is 166 Å². The zero-order chi connectivity index (χ0) is 19.9. The number of nitrogens with zero attached hydrogens (tertiary/aromatic N) is 2. The minimum absolute atomic E-state index is 0.116. The Morgan fingerprint density at radius 2 is 2.18 bits per heavy atom. The van der Waals surface area contributed by atoms with E-state index in [0.29, 0.717) is 22.9 Å². The Bertz CT molecular complexity index is 865. The molecule has 0 unspecified atom stereocenters. The fourth-order valence-electron chi connectivity index (χ4n) is 2.73. The highest BCUT2D eigenvalue weighted by molar-refractivity contribution is 7.09. The van der Waals surface area contributed by atoms with Gasteiger partial charge in [0.05, 0.1) is 17.7 Å². The minimum Gasteiger partial charge on any atom is -0.491 e. The molecule has 1 fully saturated rings. The van der Waals surface area contributed by atoms with E-state index < -0.39 is 24.3 Å². The molecule has 2 atom stereocenters. The molecule has 0 N–H and O–H groups in total. The van der Waals surface area contributed by atoms with Crippen LogP contribution in [-0.2, 0) is 14.3 Å². The predicted octanol–water partition coefficient (Wildman–Crippen LogP) is 3.04. The summed E-state index contributed by atoms with van der Waals surface area (Å²) in [6.45, 7) is 2.55. The first-order chi connectivity index (χ1) is 13.6. The van der Waals surface area contributed by atoms with E-state index in [1.54, 1.807) is 36.6 Å². The van der Waals surface area contributed by atoms with Crippen LogP contribution in [0.2, 0.25) is 0 Å². The second-order valence-corrected chi connectivity index (χ2v) is 7.29. The van der Waals surface area contributed by atoms with Crippen molar-refractivity contribution in [3.63, 3.8) is 0 Å². The van der Waals surface area contributed by atoms with Crippen LogP contribution in [0, 0.1) is 18.3 Å². The summed E-state index contributed by atoms with van der Waals surface area (Å²) in [7, 11) is 0. The molecule has 0 amide bonds. The number of thiazole rings is 1. The van der Waals surface area contributed by atoms with E-state index in [9.17, 15) is 14.9 Å². The number of aryl methyl sites for hydroxylation is 1. The Hall–Kier alpha value is -2.76. The van der Waals surface area contributed by atoms with E-state index >= 15 is 0 Å². The maximum Gasteiger partial charge on any atom is 0.338 e. The number of rotatable bonds is 8. The van der Waals surface area contributed by atoms with Crippen molar-refractivity contribution < 1.29 is 23.8 Å². The van der Waals surface area contributed by atoms with E-state index in [0.717, 1.165) is 25.1 Å². The summed E-state index contributed by atoms with van der Waals surface area (Å²) >= 11 is 1.24. The molecule has 7 nitrogen and oxygen atoms in total. The van der Waals surface area contributed by atoms with Crippen molar-refractivity contribution in [2.24, 2.45) is 0 Å². The molecule has 0 bridgehead atoms. The monoisotopic (exact) mass is 400 g/mol. The first-order valence-electron chi connectivity index (χ1n) is 8.92. The molecule has 1 aromatic heterocycles. The van der Waals surface area contributed by atoms with Gasteiger partial charge in [-0.05, 0) is 44.0 Å². The van der Waals surface area contributed by atoms with Crippen LogP contribution >= 0.6 is 11.3 Å². The standard InChI is InChI=1S/C20H20N2O5S/c1-13-12-28-19(22-13)17(9-21)18(23)11-27-20(24)14-4-6-15(7-5-14)26-10-16-3-2-8-25-16/h4-7,12,16-17H,2-3,8,10-11H2,1H3/t16-,17+/m0/s1. The molecule has 0 radical (unpaired) electrons. The Morgan fingerprint density at radius 1 is 1.39 bits per heavy atom. The van der Waals surface area contributed by atoms with Crippen molar-refractivity contribution in [2.45, 2.75) is 31.8 Å². The fraction of sp³-hybridized carbons (Fsp3) is 0.400. The Kier molecular flexibility index (Phi) is 6.74. The van der Waals surface area contributed by atoms with Gasteiger partial charge in [0.15, 0.2) is 18.3 Å². The van der Waals surface area contributed by atoms with Crippen molar-refractivity contribution in [1.29, 1.82) is 5.26 Å². The van der Waals surface area contributed by atoms with Gasteiger partial charge in [0.2, 0.25) is 0 Å². The summed E-state index contributed by atoms with van der Waals surface area (Å²) in [6.07, 6.45) is 2.15. The van der Waals surface area contributed by atoms with Crippen LogP contribution < -0.4 is 4.74 Å². The van der Waals surface area contributed by atoms with Crippen LogP contribution in [0.15, 0.2) is 29.6 Å². The zero-order valence-electron chi connectivity index (χ0n) is 15.4. The number of ketones is 1. The van der Waals surface area contributed by atoms with Crippen LogP contribution in [-0.4, -0.2) is 42.7 Å². The van der Waals surface area contributed by atoms with Crippen molar-refractivity contribution in [2.75, 3.05) is 19.8 Å². The second kappa shape index (κ2) is 9.44. The molecule has 2 aromatic rings. The van der Waals surface area contributed by atoms with Crippen LogP contribution in [0.1, 0.15) is 39.8 Å². The quantitative estimate of drug-likeness (QED) is 0.628. The molecule has 8 heteroatoms. The average molecular weight is 400 g/mol. The van der Waals surface area contributed by atoms with Gasteiger partial charge in [0.25, 0.3) is 0 Å². The van der Waals surface area contributed by atoms with Gasteiger partial charge < -0.3 is 14.2 Å². The first kappa shape index (κ1) is 20.0. The van der Waals surface area contributed by atoms with Crippen LogP contribution in [0.4, 0.5) is 0 Å². The highest BCUT2D eigenvalue weighted by Crippen LogP contribution is 2.21. The van der Waals surface area contributed by atoms with Gasteiger partial charge >= 0.3 is 5.97 Å². The number of ether oxygens (including phenoxy) is 3. The van der Waals surface area contributed by atoms with Gasteiger partial charge in [-0.2, -0.15) is 5.26 Å². The maximum atomic E-state index is 12.2. The van der Waals surface area contributed by atoms with Gasteiger partial charge in [-0.3, -0.25) is 4.79 Å². The number of hydrogen-bond acceptors (Lipinski definition) is 8. The van der Waals surface area contributed by atoms with E-state index in [-0.39, 0.29) is 6.10 Å². The van der Waals surface area contributed by atoms with Gasteiger partial charge in [-0.1, -0.05) is 0 Å². The lowest BCUT2D eigenvalue weighted by Crippen LogP contribution is -2.20. The summed E-state index contributed by atoms with van der Waals surface area (Å²) < 4.78 is 16.2. The molecular weight excluding hydrogens is 380 g/mol. The molecule has 0 saturated carbocycles. The van der Waals surface area contributed by atoms with Crippen LogP contribution in [0.3, 0.4) is 0 Å². The van der Waals surface area contributed by atoms with Gasteiger partial charge in [-0.15, -0.1) is 11.3 Å². The van der Waals surface area contributed by atoms with Gasteiger partial charge in [-0.25, -0.2) is 9.78 Å².